The highest BCUT2D eigenvalue weighted by molar-refractivity contribution is 9.10. The first-order valence-electron chi connectivity index (χ1n) is 5.58. The second-order valence-corrected chi connectivity index (χ2v) is 6.15. The monoisotopic (exact) mass is 372 g/mol. The molecule has 1 rings (SSSR count). The van der Waals surface area contributed by atoms with Crippen LogP contribution in [0.25, 0.3) is 0 Å². The standard InChI is InChI=1S/C11H17BrN2O3S.ClH/c1-3-17-11-5-4-9(8-10(11)12)18(15,16)14-7-6-13-2;/h4-5,8,13-14H,3,6-7H2,1-2H3;1H. The quantitative estimate of drug-likeness (QED) is 0.715. The molecule has 0 radical (unpaired) electrons. The molecule has 0 heterocycles. The number of hydrogen-bond donors (Lipinski definition) is 2. The lowest BCUT2D eigenvalue weighted by Gasteiger charge is -2.09. The van der Waals surface area contributed by atoms with Crippen molar-refractivity contribution in [2.75, 3.05) is 26.7 Å². The molecule has 0 spiro atoms. The van der Waals surface area contributed by atoms with Gasteiger partial charge in [0.05, 0.1) is 16.0 Å². The van der Waals surface area contributed by atoms with E-state index in [9.17, 15) is 8.42 Å². The van der Waals surface area contributed by atoms with Crippen LogP contribution >= 0.6 is 28.3 Å². The number of ether oxygens (including phenoxy) is 1. The van der Waals surface area contributed by atoms with Crippen molar-refractivity contribution in [3.8, 4) is 5.75 Å². The van der Waals surface area contributed by atoms with Gasteiger partial charge in [0.25, 0.3) is 0 Å². The van der Waals surface area contributed by atoms with Crippen LogP contribution in [0.3, 0.4) is 0 Å². The van der Waals surface area contributed by atoms with Crippen molar-refractivity contribution in [1.29, 1.82) is 0 Å². The smallest absolute Gasteiger partial charge is 0.240 e. The van der Waals surface area contributed by atoms with E-state index in [-0.39, 0.29) is 17.3 Å². The molecule has 8 heteroatoms. The molecule has 0 aliphatic rings. The van der Waals surface area contributed by atoms with E-state index in [0.29, 0.717) is 29.9 Å². The van der Waals surface area contributed by atoms with Crippen LogP contribution in [0.2, 0.25) is 0 Å². The van der Waals surface area contributed by atoms with E-state index < -0.39 is 10.0 Å². The highest BCUT2D eigenvalue weighted by atomic mass is 79.9. The number of rotatable bonds is 7. The number of hydrogen-bond acceptors (Lipinski definition) is 4. The van der Waals surface area contributed by atoms with Gasteiger partial charge in [-0.1, -0.05) is 0 Å². The molecule has 5 nitrogen and oxygen atoms in total. The normalized spacial score (nSPS) is 10.9. The van der Waals surface area contributed by atoms with E-state index in [0.717, 1.165) is 0 Å². The molecule has 0 bridgehead atoms. The van der Waals surface area contributed by atoms with Gasteiger partial charge in [0.2, 0.25) is 10.0 Å². The Labute approximate surface area is 128 Å². The van der Waals surface area contributed by atoms with Crippen LogP contribution in [-0.4, -0.2) is 35.2 Å². The van der Waals surface area contributed by atoms with Gasteiger partial charge < -0.3 is 10.1 Å². The highest BCUT2D eigenvalue weighted by Gasteiger charge is 2.15. The zero-order chi connectivity index (χ0) is 13.6. The fraction of sp³-hybridized carbons (Fsp3) is 0.455. The SMILES string of the molecule is CCOc1ccc(S(=O)(=O)NCCNC)cc1Br.Cl. The number of nitrogens with one attached hydrogen (secondary N) is 2. The Kier molecular flexibility index (Phi) is 8.60. The number of likely N-dealkylation sites (N-methyl/N-ethyl adjacent to an activating group) is 1. The summed E-state index contributed by atoms with van der Waals surface area (Å²) in [6.07, 6.45) is 0. The van der Waals surface area contributed by atoms with Crippen LogP contribution in [-0.2, 0) is 10.0 Å². The van der Waals surface area contributed by atoms with Crippen molar-refractivity contribution in [2.45, 2.75) is 11.8 Å². The van der Waals surface area contributed by atoms with Gasteiger partial charge in [-0.3, -0.25) is 0 Å². The molecule has 0 atom stereocenters. The van der Waals surface area contributed by atoms with E-state index in [1.807, 2.05) is 6.92 Å². The van der Waals surface area contributed by atoms with Gasteiger partial charge in [-0.25, -0.2) is 13.1 Å². The van der Waals surface area contributed by atoms with E-state index in [4.69, 9.17) is 4.74 Å². The van der Waals surface area contributed by atoms with E-state index in [1.165, 1.54) is 12.1 Å². The third kappa shape index (κ3) is 5.66. The molecule has 110 valence electrons. The molecule has 2 N–H and O–H groups in total. The average molecular weight is 374 g/mol. The van der Waals surface area contributed by atoms with Crippen molar-refractivity contribution < 1.29 is 13.2 Å². The third-order valence-corrected chi connectivity index (χ3v) is 4.26. The van der Waals surface area contributed by atoms with Gasteiger partial charge in [-0.15, -0.1) is 12.4 Å². The minimum absolute atomic E-state index is 0. The van der Waals surface area contributed by atoms with Gasteiger partial charge in [0, 0.05) is 13.1 Å². The molecular weight excluding hydrogens is 356 g/mol. The molecule has 1 aromatic rings. The molecule has 0 aromatic heterocycles. The second-order valence-electron chi connectivity index (χ2n) is 3.53. The van der Waals surface area contributed by atoms with Gasteiger partial charge in [-0.05, 0) is 48.1 Å². The van der Waals surface area contributed by atoms with E-state index >= 15 is 0 Å². The van der Waals surface area contributed by atoms with Crippen molar-refractivity contribution in [2.24, 2.45) is 0 Å². The van der Waals surface area contributed by atoms with Crippen molar-refractivity contribution in [3.05, 3.63) is 22.7 Å². The maximum Gasteiger partial charge on any atom is 0.240 e. The predicted octanol–water partition coefficient (Wildman–Crippen LogP) is 1.77. The first-order valence-corrected chi connectivity index (χ1v) is 7.85. The molecule has 19 heavy (non-hydrogen) atoms. The Morgan fingerprint density at radius 1 is 1.32 bits per heavy atom. The fourth-order valence-electron chi connectivity index (χ4n) is 1.32. The Bertz CT molecular complexity index is 497. The molecule has 0 unspecified atom stereocenters. The van der Waals surface area contributed by atoms with Gasteiger partial charge in [0.15, 0.2) is 0 Å². The maximum absolute atomic E-state index is 11.9. The summed E-state index contributed by atoms with van der Waals surface area (Å²) in [5.74, 6) is 0.631. The van der Waals surface area contributed by atoms with Crippen molar-refractivity contribution in [3.63, 3.8) is 0 Å². The molecular formula is C11H18BrClN2O3S. The topological polar surface area (TPSA) is 67.4 Å². The van der Waals surface area contributed by atoms with E-state index in [1.54, 1.807) is 13.1 Å². The summed E-state index contributed by atoms with van der Waals surface area (Å²) >= 11 is 3.29. The zero-order valence-electron chi connectivity index (χ0n) is 10.8. The Morgan fingerprint density at radius 3 is 2.53 bits per heavy atom. The molecule has 0 saturated carbocycles. The summed E-state index contributed by atoms with van der Waals surface area (Å²) in [4.78, 5) is 0.217. The van der Waals surface area contributed by atoms with Crippen LogP contribution in [0.4, 0.5) is 0 Å². The van der Waals surface area contributed by atoms with Gasteiger partial charge in [-0.2, -0.15) is 0 Å². The largest absolute Gasteiger partial charge is 0.493 e. The van der Waals surface area contributed by atoms with Crippen LogP contribution in [0.5, 0.6) is 5.75 Å². The minimum Gasteiger partial charge on any atom is -0.493 e. The summed E-state index contributed by atoms with van der Waals surface area (Å²) in [6.45, 7) is 3.34. The number of halogens is 2. The highest BCUT2D eigenvalue weighted by Crippen LogP contribution is 2.27. The summed E-state index contributed by atoms with van der Waals surface area (Å²) in [5.41, 5.74) is 0. The van der Waals surface area contributed by atoms with Crippen LogP contribution < -0.4 is 14.8 Å². The lowest BCUT2D eigenvalue weighted by atomic mass is 10.3. The van der Waals surface area contributed by atoms with Crippen molar-refractivity contribution in [1.82, 2.24) is 10.0 Å². The summed E-state index contributed by atoms with van der Waals surface area (Å²) in [7, 11) is -1.70. The van der Waals surface area contributed by atoms with E-state index in [2.05, 4.69) is 26.0 Å². The molecule has 0 aliphatic heterocycles. The number of benzene rings is 1. The van der Waals surface area contributed by atoms with Crippen LogP contribution in [0, 0.1) is 0 Å². The second kappa shape index (κ2) is 8.76. The van der Waals surface area contributed by atoms with Gasteiger partial charge >= 0.3 is 0 Å². The lowest BCUT2D eigenvalue weighted by molar-refractivity contribution is 0.338. The maximum atomic E-state index is 11.9. The number of sulfonamides is 1. The Balaban J connectivity index is 0.00000324. The molecule has 0 fully saturated rings. The van der Waals surface area contributed by atoms with Crippen LogP contribution in [0.15, 0.2) is 27.6 Å². The predicted molar refractivity (Wildman–Crippen MR) is 81.7 cm³/mol. The molecule has 0 saturated heterocycles. The summed E-state index contributed by atoms with van der Waals surface area (Å²) in [5, 5.41) is 2.87. The lowest BCUT2D eigenvalue weighted by Crippen LogP contribution is -2.30. The summed E-state index contributed by atoms with van der Waals surface area (Å²) in [6, 6.07) is 4.70. The van der Waals surface area contributed by atoms with Gasteiger partial charge in [0.1, 0.15) is 5.75 Å². The molecule has 1 aromatic carbocycles. The average Bonchev–Trinajstić information content (AvgIpc) is 2.32. The minimum atomic E-state index is -3.46. The first kappa shape index (κ1) is 18.7. The Hall–Kier alpha value is -0.340. The molecule has 0 aliphatic carbocycles. The first-order chi connectivity index (χ1) is 8.51. The summed E-state index contributed by atoms with van der Waals surface area (Å²) < 4.78 is 32.3. The van der Waals surface area contributed by atoms with Crippen molar-refractivity contribution >= 4 is 38.4 Å². The fourth-order valence-corrected chi connectivity index (χ4v) is 3.02. The zero-order valence-corrected chi connectivity index (χ0v) is 14.0. The third-order valence-electron chi connectivity index (χ3n) is 2.18. The Morgan fingerprint density at radius 2 is 2.00 bits per heavy atom. The van der Waals surface area contributed by atoms with Crippen LogP contribution in [0.1, 0.15) is 6.92 Å². The molecule has 0 amide bonds.